The first-order chi connectivity index (χ1) is 10.1. The fourth-order valence-electron chi connectivity index (χ4n) is 2.09. The number of nitrogens with one attached hydrogen (secondary N) is 1. The van der Waals surface area contributed by atoms with Crippen LogP contribution in [0, 0.1) is 10.1 Å². The Balaban J connectivity index is 1.63. The predicted molar refractivity (Wildman–Crippen MR) is 75.8 cm³/mol. The monoisotopic (exact) mass is 284 g/mol. The van der Waals surface area contributed by atoms with Crippen molar-refractivity contribution in [3.63, 3.8) is 0 Å². The van der Waals surface area contributed by atoms with Crippen molar-refractivity contribution in [1.29, 1.82) is 0 Å². The molecule has 2 aromatic rings. The van der Waals surface area contributed by atoms with Crippen molar-refractivity contribution in [1.82, 2.24) is 0 Å². The van der Waals surface area contributed by atoms with Gasteiger partial charge in [-0.15, -0.1) is 0 Å². The minimum atomic E-state index is -0.549. The fraction of sp³-hybridized carbons (Fsp3) is 0.133. The highest BCUT2D eigenvalue weighted by Gasteiger charge is 2.46. The number of amides is 1. The summed E-state index contributed by atoms with van der Waals surface area (Å²) < 4.78 is 5.36. The molecular formula is C15H12N2O4. The van der Waals surface area contributed by atoms with Crippen LogP contribution in [-0.2, 0) is 9.53 Å². The van der Waals surface area contributed by atoms with Crippen molar-refractivity contribution in [2.75, 3.05) is 5.32 Å². The average molecular weight is 284 g/mol. The lowest BCUT2D eigenvalue weighted by Crippen LogP contribution is -2.18. The summed E-state index contributed by atoms with van der Waals surface area (Å²) in [5.74, 6) is -0.218. The van der Waals surface area contributed by atoms with E-state index in [4.69, 9.17) is 4.74 Å². The highest BCUT2D eigenvalue weighted by atomic mass is 16.6. The second-order valence-corrected chi connectivity index (χ2v) is 4.68. The van der Waals surface area contributed by atoms with Crippen LogP contribution in [0.3, 0.4) is 0 Å². The smallest absolute Gasteiger partial charge is 0.269 e. The molecule has 0 spiro atoms. The number of hydrogen-bond acceptors (Lipinski definition) is 4. The Morgan fingerprint density at radius 2 is 1.76 bits per heavy atom. The summed E-state index contributed by atoms with van der Waals surface area (Å²) in [6.45, 7) is 0. The average Bonchev–Trinajstić information content (AvgIpc) is 3.29. The summed E-state index contributed by atoms with van der Waals surface area (Å²) in [5.41, 5.74) is 1.49. The normalized spacial score (nSPS) is 19.8. The minimum absolute atomic E-state index is 0.0182. The Morgan fingerprint density at radius 3 is 2.38 bits per heavy atom. The molecule has 106 valence electrons. The van der Waals surface area contributed by atoms with E-state index in [1.54, 1.807) is 24.3 Å². The first-order valence-corrected chi connectivity index (χ1v) is 6.41. The molecule has 2 aromatic carbocycles. The maximum atomic E-state index is 12.0. The molecule has 6 nitrogen and oxygen atoms in total. The van der Waals surface area contributed by atoms with Crippen LogP contribution in [0.25, 0.3) is 0 Å². The van der Waals surface area contributed by atoms with Crippen LogP contribution < -0.4 is 5.32 Å². The lowest BCUT2D eigenvalue weighted by Gasteiger charge is -2.02. The zero-order chi connectivity index (χ0) is 14.8. The number of hydrogen-bond donors (Lipinski definition) is 1. The molecule has 1 amide bonds. The van der Waals surface area contributed by atoms with Crippen LogP contribution in [0.1, 0.15) is 11.7 Å². The number of para-hydroxylation sites is 1. The van der Waals surface area contributed by atoms with Gasteiger partial charge < -0.3 is 10.1 Å². The molecule has 0 aliphatic carbocycles. The molecule has 0 aromatic heterocycles. The molecule has 0 saturated carbocycles. The van der Waals surface area contributed by atoms with Gasteiger partial charge in [-0.05, 0) is 29.8 Å². The number of nitro benzene ring substituents is 1. The van der Waals surface area contributed by atoms with Crippen LogP contribution in [-0.4, -0.2) is 16.9 Å². The molecule has 0 bridgehead atoms. The van der Waals surface area contributed by atoms with Gasteiger partial charge in [0.05, 0.1) is 4.92 Å². The van der Waals surface area contributed by atoms with Gasteiger partial charge in [-0.3, -0.25) is 14.9 Å². The number of rotatable bonds is 4. The van der Waals surface area contributed by atoms with Gasteiger partial charge in [0, 0.05) is 17.8 Å². The van der Waals surface area contributed by atoms with Gasteiger partial charge in [0.2, 0.25) is 0 Å². The molecule has 1 heterocycles. The maximum absolute atomic E-state index is 12.0. The molecule has 0 radical (unpaired) electrons. The zero-order valence-corrected chi connectivity index (χ0v) is 10.9. The molecule has 1 fully saturated rings. The van der Waals surface area contributed by atoms with Gasteiger partial charge in [-0.25, -0.2) is 0 Å². The number of carbonyl (C=O) groups is 1. The summed E-state index contributed by atoms with van der Waals surface area (Å²) in [5, 5.41) is 13.3. The van der Waals surface area contributed by atoms with Gasteiger partial charge in [0.1, 0.15) is 6.10 Å². The maximum Gasteiger partial charge on any atom is 0.269 e. The van der Waals surface area contributed by atoms with Crippen LogP contribution >= 0.6 is 0 Å². The molecule has 1 aliphatic rings. The van der Waals surface area contributed by atoms with Gasteiger partial charge in [0.25, 0.3) is 11.6 Å². The van der Waals surface area contributed by atoms with E-state index in [-0.39, 0.29) is 17.7 Å². The number of non-ortho nitro benzene ring substituents is 1. The van der Waals surface area contributed by atoms with Crippen molar-refractivity contribution in [3.8, 4) is 0 Å². The Hall–Kier alpha value is -2.73. The Labute approximate surface area is 120 Å². The van der Waals surface area contributed by atoms with Crippen LogP contribution in [0.4, 0.5) is 11.4 Å². The molecule has 2 atom stereocenters. The second kappa shape index (κ2) is 5.34. The standard InChI is InChI=1S/C15H12N2O4/c18-15(16-11-4-2-1-3-5-11)14-13(21-14)10-6-8-12(9-7-10)17(19)20/h1-9,13-14H,(H,16,18). The van der Waals surface area contributed by atoms with Crippen LogP contribution in [0.2, 0.25) is 0 Å². The number of nitro groups is 1. The van der Waals surface area contributed by atoms with Crippen molar-refractivity contribution >= 4 is 17.3 Å². The SMILES string of the molecule is O=C(Nc1ccccc1)C1OC1c1ccc([N+](=O)[O-])cc1. The Morgan fingerprint density at radius 1 is 1.10 bits per heavy atom. The van der Waals surface area contributed by atoms with Crippen molar-refractivity contribution in [3.05, 3.63) is 70.3 Å². The molecule has 1 saturated heterocycles. The third-order valence-electron chi connectivity index (χ3n) is 3.22. The molecule has 1 aliphatic heterocycles. The number of ether oxygens (including phenoxy) is 1. The Bertz CT molecular complexity index is 670. The molecule has 1 N–H and O–H groups in total. The molecule has 6 heteroatoms. The lowest BCUT2D eigenvalue weighted by atomic mass is 10.1. The van der Waals surface area contributed by atoms with Crippen molar-refractivity contribution in [2.45, 2.75) is 12.2 Å². The third kappa shape index (κ3) is 2.90. The molecular weight excluding hydrogens is 272 g/mol. The van der Waals surface area contributed by atoms with Crippen molar-refractivity contribution < 1.29 is 14.5 Å². The number of carbonyl (C=O) groups excluding carboxylic acids is 1. The van der Waals surface area contributed by atoms with Crippen LogP contribution in [0.5, 0.6) is 0 Å². The van der Waals surface area contributed by atoms with E-state index < -0.39 is 11.0 Å². The van der Waals surface area contributed by atoms with E-state index in [9.17, 15) is 14.9 Å². The van der Waals surface area contributed by atoms with Gasteiger partial charge in [-0.2, -0.15) is 0 Å². The summed E-state index contributed by atoms with van der Waals surface area (Å²) >= 11 is 0. The van der Waals surface area contributed by atoms with Crippen molar-refractivity contribution in [2.24, 2.45) is 0 Å². The summed E-state index contributed by atoms with van der Waals surface area (Å²) in [4.78, 5) is 22.1. The Kier molecular flexibility index (Phi) is 3.37. The predicted octanol–water partition coefficient (Wildman–Crippen LogP) is 2.67. The van der Waals surface area contributed by atoms with E-state index in [1.165, 1.54) is 12.1 Å². The first-order valence-electron chi connectivity index (χ1n) is 6.41. The number of benzene rings is 2. The van der Waals surface area contributed by atoms with Gasteiger partial charge in [-0.1, -0.05) is 18.2 Å². The number of nitrogens with zero attached hydrogens (tertiary/aromatic N) is 1. The molecule has 2 unspecified atom stereocenters. The van der Waals surface area contributed by atoms with E-state index >= 15 is 0 Å². The van der Waals surface area contributed by atoms with E-state index in [0.717, 1.165) is 5.56 Å². The van der Waals surface area contributed by atoms with E-state index in [0.29, 0.717) is 5.69 Å². The summed E-state index contributed by atoms with van der Waals surface area (Å²) in [7, 11) is 0. The zero-order valence-electron chi connectivity index (χ0n) is 10.9. The summed E-state index contributed by atoms with van der Waals surface area (Å²) in [6.07, 6.45) is -0.888. The highest BCUT2D eigenvalue weighted by Crippen LogP contribution is 2.39. The second-order valence-electron chi connectivity index (χ2n) is 4.68. The molecule has 3 rings (SSSR count). The first kappa shape index (κ1) is 13.3. The van der Waals surface area contributed by atoms with Gasteiger partial charge in [0.15, 0.2) is 6.10 Å². The van der Waals surface area contributed by atoms with Crippen LogP contribution in [0.15, 0.2) is 54.6 Å². The topological polar surface area (TPSA) is 84.8 Å². The quantitative estimate of drug-likeness (QED) is 0.531. The minimum Gasteiger partial charge on any atom is -0.354 e. The highest BCUT2D eigenvalue weighted by molar-refractivity contribution is 5.96. The molecule has 21 heavy (non-hydrogen) atoms. The van der Waals surface area contributed by atoms with E-state index in [1.807, 2.05) is 18.2 Å². The number of anilines is 1. The van der Waals surface area contributed by atoms with E-state index in [2.05, 4.69) is 5.32 Å². The fourth-order valence-corrected chi connectivity index (χ4v) is 2.09. The summed E-state index contributed by atoms with van der Waals surface area (Å²) in [6, 6.07) is 15.1. The van der Waals surface area contributed by atoms with Gasteiger partial charge >= 0.3 is 0 Å². The largest absolute Gasteiger partial charge is 0.354 e. The third-order valence-corrected chi connectivity index (χ3v) is 3.22. The number of epoxide rings is 1. The lowest BCUT2D eigenvalue weighted by molar-refractivity contribution is -0.384.